The van der Waals surface area contributed by atoms with Gasteiger partial charge in [0, 0.05) is 42.5 Å². The molecule has 128 valence electrons. The molecular formula is C18H17N3O4. The van der Waals surface area contributed by atoms with Gasteiger partial charge in [0.05, 0.1) is 4.92 Å². The van der Waals surface area contributed by atoms with Gasteiger partial charge in [0.2, 0.25) is 5.91 Å². The van der Waals surface area contributed by atoms with E-state index in [1.54, 1.807) is 17.0 Å². The molecule has 2 aromatic carbocycles. The first kappa shape index (κ1) is 16.6. The number of carbonyl (C=O) groups excluding carboxylic acids is 2. The van der Waals surface area contributed by atoms with Crippen LogP contribution in [0.25, 0.3) is 0 Å². The van der Waals surface area contributed by atoms with E-state index in [-0.39, 0.29) is 17.2 Å². The Bertz CT molecular complexity index is 863. The van der Waals surface area contributed by atoms with Crippen LogP contribution in [-0.4, -0.2) is 23.3 Å². The molecule has 0 saturated heterocycles. The number of benzene rings is 2. The molecule has 0 unspecified atom stereocenters. The number of nitrogens with zero attached hydrogens (tertiary/aromatic N) is 2. The van der Waals surface area contributed by atoms with Gasteiger partial charge in [-0.3, -0.25) is 19.7 Å². The van der Waals surface area contributed by atoms with Gasteiger partial charge >= 0.3 is 0 Å². The molecule has 2 aromatic rings. The Hall–Kier alpha value is -3.22. The van der Waals surface area contributed by atoms with Gasteiger partial charge in [-0.2, -0.15) is 0 Å². The molecule has 25 heavy (non-hydrogen) atoms. The van der Waals surface area contributed by atoms with Crippen LogP contribution in [0.15, 0.2) is 42.5 Å². The Morgan fingerprint density at radius 2 is 2.00 bits per heavy atom. The van der Waals surface area contributed by atoms with E-state index >= 15 is 0 Å². The lowest BCUT2D eigenvalue weighted by Gasteiger charge is -2.29. The van der Waals surface area contributed by atoms with E-state index < -0.39 is 10.8 Å². The molecule has 2 amide bonds. The highest BCUT2D eigenvalue weighted by atomic mass is 16.6. The van der Waals surface area contributed by atoms with Crippen molar-refractivity contribution in [2.45, 2.75) is 19.8 Å². The fourth-order valence-electron chi connectivity index (χ4n) is 2.94. The Morgan fingerprint density at radius 1 is 1.20 bits per heavy atom. The maximum atomic E-state index is 12.4. The third-order valence-electron chi connectivity index (χ3n) is 4.16. The molecule has 0 atom stereocenters. The monoisotopic (exact) mass is 339 g/mol. The van der Waals surface area contributed by atoms with Crippen LogP contribution in [0.2, 0.25) is 0 Å². The van der Waals surface area contributed by atoms with Crippen LogP contribution in [0.4, 0.5) is 17.1 Å². The summed E-state index contributed by atoms with van der Waals surface area (Å²) in [5, 5.41) is 13.6. The van der Waals surface area contributed by atoms with Crippen molar-refractivity contribution in [2.24, 2.45) is 0 Å². The average Bonchev–Trinajstić information content (AvgIpc) is 2.61. The van der Waals surface area contributed by atoms with Crippen molar-refractivity contribution in [2.75, 3.05) is 16.8 Å². The second-order valence-corrected chi connectivity index (χ2v) is 5.88. The predicted octanol–water partition coefficient (Wildman–Crippen LogP) is 3.15. The van der Waals surface area contributed by atoms with Gasteiger partial charge in [0.1, 0.15) is 0 Å². The molecule has 0 fully saturated rings. The number of rotatable bonds is 3. The Balaban J connectivity index is 1.85. The van der Waals surface area contributed by atoms with Crippen LogP contribution < -0.4 is 10.2 Å². The summed E-state index contributed by atoms with van der Waals surface area (Å²) in [5.74, 6) is -0.475. The smallest absolute Gasteiger partial charge is 0.270 e. The van der Waals surface area contributed by atoms with Crippen LogP contribution in [0.3, 0.4) is 0 Å². The summed E-state index contributed by atoms with van der Waals surface area (Å²) >= 11 is 0. The van der Waals surface area contributed by atoms with Gasteiger partial charge in [0.25, 0.3) is 11.6 Å². The van der Waals surface area contributed by atoms with E-state index in [0.29, 0.717) is 12.2 Å². The lowest BCUT2D eigenvalue weighted by molar-refractivity contribution is -0.384. The highest BCUT2D eigenvalue weighted by molar-refractivity contribution is 6.05. The van der Waals surface area contributed by atoms with Crippen molar-refractivity contribution >= 4 is 28.9 Å². The molecule has 0 aromatic heterocycles. The first-order valence-electron chi connectivity index (χ1n) is 7.92. The summed E-state index contributed by atoms with van der Waals surface area (Å²) in [6, 6.07) is 11.0. The third-order valence-corrected chi connectivity index (χ3v) is 4.16. The van der Waals surface area contributed by atoms with Crippen LogP contribution in [0.1, 0.15) is 29.3 Å². The zero-order valence-electron chi connectivity index (χ0n) is 13.7. The summed E-state index contributed by atoms with van der Waals surface area (Å²) in [5.41, 5.74) is 2.48. The number of aryl methyl sites for hydroxylation is 1. The van der Waals surface area contributed by atoms with Crippen molar-refractivity contribution in [3.8, 4) is 0 Å². The first-order chi connectivity index (χ1) is 12.0. The summed E-state index contributed by atoms with van der Waals surface area (Å²) in [6.45, 7) is 2.17. The van der Waals surface area contributed by atoms with E-state index in [2.05, 4.69) is 5.32 Å². The van der Waals surface area contributed by atoms with Crippen molar-refractivity contribution < 1.29 is 14.5 Å². The van der Waals surface area contributed by atoms with E-state index in [1.807, 2.05) is 6.07 Å². The average molecular weight is 339 g/mol. The first-order valence-corrected chi connectivity index (χ1v) is 7.92. The zero-order chi connectivity index (χ0) is 18.0. The van der Waals surface area contributed by atoms with E-state index in [9.17, 15) is 19.7 Å². The van der Waals surface area contributed by atoms with Crippen LogP contribution >= 0.6 is 0 Å². The molecule has 0 bridgehead atoms. The number of carbonyl (C=O) groups is 2. The Morgan fingerprint density at radius 3 is 2.72 bits per heavy atom. The van der Waals surface area contributed by atoms with Gasteiger partial charge in [-0.05, 0) is 36.6 Å². The summed E-state index contributed by atoms with van der Waals surface area (Å²) < 4.78 is 0. The highest BCUT2D eigenvalue weighted by Gasteiger charge is 2.20. The molecule has 0 radical (unpaired) electrons. The second kappa shape index (κ2) is 6.72. The molecule has 0 spiro atoms. The molecular weight excluding hydrogens is 322 g/mol. The number of anilines is 2. The quantitative estimate of drug-likeness (QED) is 0.687. The fourth-order valence-corrected chi connectivity index (χ4v) is 2.94. The largest absolute Gasteiger partial charge is 0.322 e. The van der Waals surface area contributed by atoms with Gasteiger partial charge in [0.15, 0.2) is 0 Å². The van der Waals surface area contributed by atoms with Gasteiger partial charge < -0.3 is 10.2 Å². The number of amides is 2. The van der Waals surface area contributed by atoms with Crippen LogP contribution in [-0.2, 0) is 11.2 Å². The van der Waals surface area contributed by atoms with Gasteiger partial charge in [-0.25, -0.2) is 0 Å². The number of nitrogens with one attached hydrogen (secondary N) is 1. The molecule has 7 heteroatoms. The molecule has 0 aliphatic carbocycles. The lowest BCUT2D eigenvalue weighted by Crippen LogP contribution is -2.33. The zero-order valence-corrected chi connectivity index (χ0v) is 13.7. The predicted molar refractivity (Wildman–Crippen MR) is 93.8 cm³/mol. The lowest BCUT2D eigenvalue weighted by atomic mass is 10.0. The third kappa shape index (κ3) is 3.50. The SMILES string of the molecule is CC(=O)N1CCCc2ccc(NC(=O)c3cccc([N+](=O)[O-])c3)cc21. The van der Waals surface area contributed by atoms with E-state index in [1.165, 1.54) is 31.2 Å². The molecule has 7 nitrogen and oxygen atoms in total. The number of non-ortho nitro benzene ring substituents is 1. The van der Waals surface area contributed by atoms with Crippen LogP contribution in [0.5, 0.6) is 0 Å². The number of nitro benzene ring substituents is 1. The van der Waals surface area contributed by atoms with E-state index in [4.69, 9.17) is 0 Å². The Labute approximate surface area is 144 Å². The molecule has 1 aliphatic rings. The summed E-state index contributed by atoms with van der Waals surface area (Å²) in [4.78, 5) is 36.1. The number of hydrogen-bond acceptors (Lipinski definition) is 4. The molecule has 0 saturated carbocycles. The van der Waals surface area contributed by atoms with Crippen molar-refractivity contribution in [3.63, 3.8) is 0 Å². The second-order valence-electron chi connectivity index (χ2n) is 5.88. The molecule has 1 heterocycles. The standard InChI is InChI=1S/C18H17N3O4/c1-12(22)20-9-3-5-13-7-8-15(11-17(13)20)19-18(23)14-4-2-6-16(10-14)21(24)25/h2,4,6-8,10-11H,3,5,9H2,1H3,(H,19,23). The van der Waals surface area contributed by atoms with Gasteiger partial charge in [-0.1, -0.05) is 12.1 Å². The normalized spacial score (nSPS) is 13.1. The van der Waals surface area contributed by atoms with Crippen molar-refractivity contribution in [1.29, 1.82) is 0 Å². The molecule has 1 N–H and O–H groups in total. The summed E-state index contributed by atoms with van der Waals surface area (Å²) in [6.07, 6.45) is 1.80. The van der Waals surface area contributed by atoms with Crippen molar-refractivity contribution in [3.05, 3.63) is 63.7 Å². The van der Waals surface area contributed by atoms with Crippen molar-refractivity contribution in [1.82, 2.24) is 0 Å². The van der Waals surface area contributed by atoms with Crippen LogP contribution in [0, 0.1) is 10.1 Å². The minimum absolute atomic E-state index is 0.0388. The molecule has 3 rings (SSSR count). The maximum absolute atomic E-state index is 12.4. The fraction of sp³-hybridized carbons (Fsp3) is 0.222. The molecule has 1 aliphatic heterocycles. The maximum Gasteiger partial charge on any atom is 0.270 e. The minimum atomic E-state index is -0.541. The van der Waals surface area contributed by atoms with E-state index in [0.717, 1.165) is 24.1 Å². The number of nitro groups is 1. The minimum Gasteiger partial charge on any atom is -0.322 e. The summed E-state index contributed by atoms with van der Waals surface area (Å²) in [7, 11) is 0. The number of hydrogen-bond donors (Lipinski definition) is 1. The number of fused-ring (bicyclic) bond motifs is 1. The highest BCUT2D eigenvalue weighted by Crippen LogP contribution is 2.30. The topological polar surface area (TPSA) is 92.6 Å². The Kier molecular flexibility index (Phi) is 4.47. The van der Waals surface area contributed by atoms with Gasteiger partial charge in [-0.15, -0.1) is 0 Å².